The van der Waals surface area contributed by atoms with Crippen molar-refractivity contribution in [1.82, 2.24) is 9.55 Å². The van der Waals surface area contributed by atoms with Crippen LogP contribution in [-0.4, -0.2) is 20.9 Å². The summed E-state index contributed by atoms with van der Waals surface area (Å²) >= 11 is 3.09. The van der Waals surface area contributed by atoms with Crippen LogP contribution < -0.4 is 0 Å². The topological polar surface area (TPSA) is 78.0 Å². The smallest absolute Gasteiger partial charge is 0.278 e. The van der Waals surface area contributed by atoms with Gasteiger partial charge in [-0.15, -0.1) is 0 Å². The molecule has 0 N–H and O–H groups in total. The van der Waals surface area contributed by atoms with Gasteiger partial charge in [-0.1, -0.05) is 0 Å². The molecule has 2 rings (SSSR count). The summed E-state index contributed by atoms with van der Waals surface area (Å²) in [6, 6.07) is 4.57. The summed E-state index contributed by atoms with van der Waals surface area (Å²) in [5.41, 5.74) is 0.444. The van der Waals surface area contributed by atoms with Crippen LogP contribution in [0.2, 0.25) is 0 Å². The molecule has 1 aromatic heterocycles. The lowest BCUT2D eigenvalue weighted by molar-refractivity contribution is -0.385. The molecule has 2 aromatic rings. The molecule has 0 saturated carbocycles. The van der Waals surface area contributed by atoms with Crippen molar-refractivity contribution in [2.75, 3.05) is 0 Å². The Morgan fingerprint density at radius 1 is 1.47 bits per heavy atom. The van der Waals surface area contributed by atoms with Crippen molar-refractivity contribution in [3.8, 4) is 11.4 Å². The maximum absolute atomic E-state index is 10.8. The van der Waals surface area contributed by atoms with Crippen LogP contribution >= 0.6 is 15.9 Å². The second-order valence-electron chi connectivity index (χ2n) is 3.19. The lowest BCUT2D eigenvalue weighted by Crippen LogP contribution is -1.97. The number of rotatable bonds is 3. The van der Waals surface area contributed by atoms with Crippen molar-refractivity contribution in [3.63, 3.8) is 0 Å². The number of nitrogens with zero attached hydrogens (tertiary/aromatic N) is 3. The van der Waals surface area contributed by atoms with E-state index in [-0.39, 0.29) is 5.69 Å². The highest BCUT2D eigenvalue weighted by Gasteiger charge is 2.15. The maximum Gasteiger partial charge on any atom is 0.284 e. The predicted molar refractivity (Wildman–Crippen MR) is 64.2 cm³/mol. The molecule has 0 atom stereocenters. The van der Waals surface area contributed by atoms with Crippen LogP contribution in [0.4, 0.5) is 5.69 Å². The van der Waals surface area contributed by atoms with Gasteiger partial charge in [-0.05, 0) is 28.1 Å². The van der Waals surface area contributed by atoms with Gasteiger partial charge in [0.05, 0.1) is 9.40 Å². The Bertz CT molecular complexity index is 594. The normalized spacial score (nSPS) is 10.2. The van der Waals surface area contributed by atoms with Crippen LogP contribution in [0.15, 0.2) is 35.1 Å². The Morgan fingerprint density at radius 2 is 2.24 bits per heavy atom. The van der Waals surface area contributed by atoms with Crippen LogP contribution in [0.25, 0.3) is 11.4 Å². The first-order valence-corrected chi connectivity index (χ1v) is 5.35. The number of halogens is 1. The number of carbonyl (C=O) groups excluding carboxylic acids is 1. The third kappa shape index (κ3) is 2.09. The van der Waals surface area contributed by atoms with Gasteiger partial charge in [0.25, 0.3) is 5.69 Å². The molecule has 0 aliphatic rings. The number of aromatic nitrogens is 2. The number of carbonyl (C=O) groups is 1. The van der Waals surface area contributed by atoms with Crippen LogP contribution in [0.3, 0.4) is 0 Å². The number of nitro groups is 1. The van der Waals surface area contributed by atoms with E-state index in [0.717, 1.165) is 0 Å². The summed E-state index contributed by atoms with van der Waals surface area (Å²) in [6.45, 7) is 0. The Balaban J connectivity index is 2.57. The third-order valence-corrected chi connectivity index (χ3v) is 2.85. The first-order chi connectivity index (χ1) is 8.13. The van der Waals surface area contributed by atoms with Crippen molar-refractivity contribution in [2.45, 2.75) is 0 Å². The molecule has 0 fully saturated rings. The number of benzene rings is 1. The second-order valence-corrected chi connectivity index (χ2v) is 4.04. The van der Waals surface area contributed by atoms with E-state index in [1.807, 2.05) is 0 Å². The molecule has 0 radical (unpaired) electrons. The molecule has 0 aliphatic carbocycles. The van der Waals surface area contributed by atoms with E-state index < -0.39 is 4.92 Å². The lowest BCUT2D eigenvalue weighted by atomic mass is 10.2. The van der Waals surface area contributed by atoms with Crippen LogP contribution in [0.1, 0.15) is 0 Å². The van der Waals surface area contributed by atoms with E-state index in [0.29, 0.717) is 22.3 Å². The quantitative estimate of drug-likeness (QED) is 0.494. The number of imidazole rings is 1. The highest BCUT2D eigenvalue weighted by atomic mass is 79.9. The summed E-state index contributed by atoms with van der Waals surface area (Å²) in [5, 5.41) is 10.8. The Kier molecular flexibility index (Phi) is 3.01. The third-order valence-electron chi connectivity index (χ3n) is 2.18. The number of hydrogen-bond acceptors (Lipinski definition) is 4. The van der Waals surface area contributed by atoms with Gasteiger partial charge in [-0.2, -0.15) is 0 Å². The second kappa shape index (κ2) is 4.46. The largest absolute Gasteiger partial charge is 0.284 e. The van der Waals surface area contributed by atoms with Gasteiger partial charge in [-0.25, -0.2) is 4.98 Å². The molecule has 0 unspecified atom stereocenters. The zero-order valence-electron chi connectivity index (χ0n) is 8.41. The van der Waals surface area contributed by atoms with Crippen molar-refractivity contribution < 1.29 is 9.72 Å². The fraction of sp³-hybridized carbons (Fsp3) is 0. The predicted octanol–water partition coefficient (Wildman–Crippen LogP) is 2.26. The molecular weight excluding hydrogens is 290 g/mol. The van der Waals surface area contributed by atoms with Crippen molar-refractivity contribution in [2.24, 2.45) is 0 Å². The van der Waals surface area contributed by atoms with Gasteiger partial charge >= 0.3 is 0 Å². The minimum Gasteiger partial charge on any atom is -0.278 e. The van der Waals surface area contributed by atoms with Crippen molar-refractivity contribution >= 4 is 28.0 Å². The fourth-order valence-electron chi connectivity index (χ4n) is 1.41. The van der Waals surface area contributed by atoms with Crippen molar-refractivity contribution in [1.29, 1.82) is 0 Å². The summed E-state index contributed by atoms with van der Waals surface area (Å²) < 4.78 is 1.64. The van der Waals surface area contributed by atoms with Gasteiger partial charge in [0.1, 0.15) is 5.82 Å². The minimum atomic E-state index is -0.498. The first-order valence-electron chi connectivity index (χ1n) is 4.56. The SMILES string of the molecule is O=Cn1ccnc1-c1ccc(Br)c([N+](=O)[O-])c1. The summed E-state index contributed by atoms with van der Waals surface area (Å²) in [7, 11) is 0. The van der Waals surface area contributed by atoms with E-state index in [4.69, 9.17) is 0 Å². The average molecular weight is 296 g/mol. The summed E-state index contributed by atoms with van der Waals surface area (Å²) in [4.78, 5) is 25.0. The van der Waals surface area contributed by atoms with E-state index in [9.17, 15) is 14.9 Å². The van der Waals surface area contributed by atoms with Gasteiger partial charge in [0.15, 0.2) is 0 Å². The highest BCUT2D eigenvalue weighted by Crippen LogP contribution is 2.29. The van der Waals surface area contributed by atoms with Gasteiger partial charge < -0.3 is 0 Å². The van der Waals surface area contributed by atoms with Gasteiger partial charge in [0.2, 0.25) is 6.41 Å². The molecule has 7 heteroatoms. The van der Waals surface area contributed by atoms with Crippen LogP contribution in [0, 0.1) is 10.1 Å². The van der Waals surface area contributed by atoms with Crippen LogP contribution in [0.5, 0.6) is 0 Å². The number of nitro benzene ring substituents is 1. The molecule has 6 nitrogen and oxygen atoms in total. The van der Waals surface area contributed by atoms with Crippen molar-refractivity contribution in [3.05, 3.63) is 45.2 Å². The Labute approximate surface area is 104 Å². The van der Waals surface area contributed by atoms with Gasteiger partial charge in [-0.3, -0.25) is 19.5 Å². The summed E-state index contributed by atoms with van der Waals surface area (Å²) in [6.07, 6.45) is 3.53. The molecule has 17 heavy (non-hydrogen) atoms. The standard InChI is InChI=1S/C10H6BrN3O3/c11-8-2-1-7(5-9(8)14(16)17)10-12-3-4-13(10)6-15/h1-6H. The average Bonchev–Trinajstić information content (AvgIpc) is 2.77. The fourth-order valence-corrected chi connectivity index (χ4v) is 1.80. The highest BCUT2D eigenvalue weighted by molar-refractivity contribution is 9.10. The molecule has 0 saturated heterocycles. The van der Waals surface area contributed by atoms with Gasteiger partial charge in [0, 0.05) is 24.0 Å². The number of hydrogen-bond donors (Lipinski definition) is 0. The lowest BCUT2D eigenvalue weighted by Gasteiger charge is -2.01. The zero-order chi connectivity index (χ0) is 12.4. The molecular formula is C10H6BrN3O3. The van der Waals surface area contributed by atoms with E-state index in [2.05, 4.69) is 20.9 Å². The molecule has 86 valence electrons. The van der Waals surface area contributed by atoms with Crippen LogP contribution in [-0.2, 0) is 4.79 Å². The first kappa shape index (κ1) is 11.5. The molecule has 1 aromatic carbocycles. The summed E-state index contributed by atoms with van der Waals surface area (Å²) in [5.74, 6) is 0.371. The van der Waals surface area contributed by atoms with E-state index in [1.165, 1.54) is 23.0 Å². The van der Waals surface area contributed by atoms with E-state index >= 15 is 0 Å². The molecule has 0 amide bonds. The molecule has 0 aliphatic heterocycles. The zero-order valence-corrected chi connectivity index (χ0v) is 9.99. The van der Waals surface area contributed by atoms with E-state index in [1.54, 1.807) is 12.1 Å². The molecule has 1 heterocycles. The maximum atomic E-state index is 10.8. The minimum absolute atomic E-state index is 0.0667. The Morgan fingerprint density at radius 3 is 2.88 bits per heavy atom. The monoisotopic (exact) mass is 295 g/mol. The molecule has 0 bridgehead atoms. The molecule has 0 spiro atoms. The Hall–Kier alpha value is -2.02.